The number of rotatable bonds is 5. The quantitative estimate of drug-likeness (QED) is 0.361. The molecule has 8 heteroatoms. The number of esters is 1. The van der Waals surface area contributed by atoms with Crippen molar-refractivity contribution in [2.45, 2.75) is 31.9 Å². The third-order valence-electron chi connectivity index (χ3n) is 3.04. The van der Waals surface area contributed by atoms with Crippen LogP contribution in [0.5, 0.6) is 0 Å². The van der Waals surface area contributed by atoms with E-state index in [9.17, 15) is 19.7 Å². The van der Waals surface area contributed by atoms with Gasteiger partial charge in [0.15, 0.2) is 6.10 Å². The van der Waals surface area contributed by atoms with Gasteiger partial charge in [-0.15, -0.1) is 0 Å². The minimum absolute atomic E-state index is 0.00771. The molecule has 2 rings (SSSR count). The van der Waals surface area contributed by atoms with E-state index in [1.165, 1.54) is 13.0 Å². The third-order valence-corrected chi connectivity index (χ3v) is 3.04. The molecule has 1 fully saturated rings. The minimum atomic E-state index is -0.951. The van der Waals surface area contributed by atoms with E-state index in [1.54, 1.807) is 0 Å². The molecule has 8 nitrogen and oxygen atoms in total. The van der Waals surface area contributed by atoms with Crippen LogP contribution in [0.2, 0.25) is 0 Å². The maximum absolute atomic E-state index is 11.9. The predicted octanol–water partition coefficient (Wildman–Crippen LogP) is 1.00. The lowest BCUT2D eigenvalue weighted by molar-refractivity contribution is -0.384. The van der Waals surface area contributed by atoms with Crippen LogP contribution in [0, 0.1) is 10.1 Å². The van der Waals surface area contributed by atoms with Crippen molar-refractivity contribution < 1.29 is 19.2 Å². The largest absolute Gasteiger partial charge is 0.449 e. The van der Waals surface area contributed by atoms with Gasteiger partial charge in [0.05, 0.1) is 16.2 Å². The SMILES string of the molecule is C[C@@H](OC(=O)c1ccc([N+](=O)[O-])cc1N)C(=O)NC1CC1. The summed E-state index contributed by atoms with van der Waals surface area (Å²) in [6.07, 6.45) is 0.913. The number of hydrogen-bond acceptors (Lipinski definition) is 6. The molecular weight excluding hydrogens is 278 g/mol. The first-order valence-corrected chi connectivity index (χ1v) is 6.43. The van der Waals surface area contributed by atoms with E-state index in [-0.39, 0.29) is 28.9 Å². The Kier molecular flexibility index (Phi) is 4.06. The van der Waals surface area contributed by atoms with Crippen LogP contribution in [0.15, 0.2) is 18.2 Å². The topological polar surface area (TPSA) is 125 Å². The van der Waals surface area contributed by atoms with Crippen molar-refractivity contribution in [2.75, 3.05) is 5.73 Å². The number of non-ortho nitro benzene ring substituents is 1. The number of nitrogens with two attached hydrogens (primary N) is 1. The van der Waals surface area contributed by atoms with Gasteiger partial charge in [-0.05, 0) is 25.8 Å². The van der Waals surface area contributed by atoms with E-state index in [2.05, 4.69) is 5.32 Å². The van der Waals surface area contributed by atoms with Crippen molar-refractivity contribution in [3.63, 3.8) is 0 Å². The summed E-state index contributed by atoms with van der Waals surface area (Å²) >= 11 is 0. The highest BCUT2D eigenvalue weighted by molar-refractivity contribution is 5.97. The number of carbonyl (C=O) groups excluding carboxylic acids is 2. The molecule has 0 unspecified atom stereocenters. The van der Waals surface area contributed by atoms with Gasteiger partial charge in [-0.1, -0.05) is 0 Å². The van der Waals surface area contributed by atoms with E-state index >= 15 is 0 Å². The zero-order valence-electron chi connectivity index (χ0n) is 11.4. The normalized spacial score (nSPS) is 15.1. The summed E-state index contributed by atoms with van der Waals surface area (Å²) in [7, 11) is 0. The lowest BCUT2D eigenvalue weighted by atomic mass is 10.1. The van der Waals surface area contributed by atoms with Crippen molar-refractivity contribution in [1.29, 1.82) is 0 Å². The van der Waals surface area contributed by atoms with Crippen molar-refractivity contribution in [3.05, 3.63) is 33.9 Å². The van der Waals surface area contributed by atoms with Gasteiger partial charge in [0.25, 0.3) is 11.6 Å². The second kappa shape index (κ2) is 5.78. The molecule has 0 saturated heterocycles. The standard InChI is InChI=1S/C13H15N3O5/c1-7(12(17)15-8-2-3-8)21-13(18)10-5-4-9(16(19)20)6-11(10)14/h4-8H,2-3,14H2,1H3,(H,15,17)/t7-/m1/s1. The number of ether oxygens (including phenoxy) is 1. The smallest absolute Gasteiger partial charge is 0.341 e. The average molecular weight is 293 g/mol. The molecule has 0 aliphatic heterocycles. The van der Waals surface area contributed by atoms with Gasteiger partial charge in [-0.3, -0.25) is 14.9 Å². The van der Waals surface area contributed by atoms with Crippen LogP contribution in [0.25, 0.3) is 0 Å². The highest BCUT2D eigenvalue weighted by Crippen LogP contribution is 2.21. The number of nitrogens with zero attached hydrogens (tertiary/aromatic N) is 1. The number of anilines is 1. The fraction of sp³-hybridized carbons (Fsp3) is 0.385. The fourth-order valence-electron chi connectivity index (χ4n) is 1.67. The lowest BCUT2D eigenvalue weighted by Gasteiger charge is -2.13. The first-order valence-electron chi connectivity index (χ1n) is 6.43. The second-order valence-corrected chi connectivity index (χ2v) is 4.86. The van der Waals surface area contributed by atoms with Crippen molar-refractivity contribution in [3.8, 4) is 0 Å². The number of nitrogen functional groups attached to an aromatic ring is 1. The second-order valence-electron chi connectivity index (χ2n) is 4.86. The Morgan fingerprint density at radius 2 is 2.14 bits per heavy atom. The molecule has 3 N–H and O–H groups in total. The molecule has 0 bridgehead atoms. The fourth-order valence-corrected chi connectivity index (χ4v) is 1.67. The predicted molar refractivity (Wildman–Crippen MR) is 73.6 cm³/mol. The van der Waals surface area contributed by atoms with Gasteiger partial charge in [0.1, 0.15) is 0 Å². The summed E-state index contributed by atoms with van der Waals surface area (Å²) < 4.78 is 5.01. The maximum atomic E-state index is 11.9. The summed E-state index contributed by atoms with van der Waals surface area (Å²) in [5.41, 5.74) is 5.30. The zero-order chi connectivity index (χ0) is 15.6. The van der Waals surface area contributed by atoms with Gasteiger partial charge in [0.2, 0.25) is 0 Å². The molecule has 0 aromatic heterocycles. The summed E-state index contributed by atoms with van der Waals surface area (Å²) in [6, 6.07) is 3.61. The molecular formula is C13H15N3O5. The van der Waals surface area contributed by atoms with Crippen LogP contribution in [0.3, 0.4) is 0 Å². The Labute approximate surface area is 120 Å². The van der Waals surface area contributed by atoms with E-state index < -0.39 is 17.0 Å². The number of nitro benzene ring substituents is 1. The van der Waals surface area contributed by atoms with Crippen LogP contribution in [-0.4, -0.2) is 28.9 Å². The molecule has 1 aliphatic carbocycles. The van der Waals surface area contributed by atoms with Crippen molar-refractivity contribution in [2.24, 2.45) is 0 Å². The molecule has 1 aromatic carbocycles. The Balaban J connectivity index is 2.02. The van der Waals surface area contributed by atoms with E-state index in [1.807, 2.05) is 0 Å². The van der Waals surface area contributed by atoms with Crippen LogP contribution < -0.4 is 11.1 Å². The Hall–Kier alpha value is -2.64. The van der Waals surface area contributed by atoms with Gasteiger partial charge >= 0.3 is 5.97 Å². The number of nitrogens with one attached hydrogen (secondary N) is 1. The number of nitro groups is 1. The number of carbonyl (C=O) groups is 2. The Morgan fingerprint density at radius 3 is 2.67 bits per heavy atom. The molecule has 112 valence electrons. The van der Waals surface area contributed by atoms with Crippen molar-refractivity contribution >= 4 is 23.3 Å². The monoisotopic (exact) mass is 293 g/mol. The summed E-state index contributed by atoms with van der Waals surface area (Å²) in [5.74, 6) is -1.16. The van der Waals surface area contributed by atoms with E-state index in [0.29, 0.717) is 0 Å². The molecule has 0 heterocycles. The minimum Gasteiger partial charge on any atom is -0.449 e. The molecule has 1 aliphatic rings. The Bertz CT molecular complexity index is 597. The molecule has 1 atom stereocenters. The third kappa shape index (κ3) is 3.68. The number of benzene rings is 1. The van der Waals surface area contributed by atoms with Crippen LogP contribution in [0.4, 0.5) is 11.4 Å². The molecule has 0 radical (unpaired) electrons. The van der Waals surface area contributed by atoms with Crippen LogP contribution in [-0.2, 0) is 9.53 Å². The van der Waals surface area contributed by atoms with E-state index in [0.717, 1.165) is 25.0 Å². The number of hydrogen-bond donors (Lipinski definition) is 2. The summed E-state index contributed by atoms with van der Waals surface area (Å²) in [4.78, 5) is 33.6. The van der Waals surface area contributed by atoms with Gasteiger partial charge in [-0.25, -0.2) is 4.79 Å². The van der Waals surface area contributed by atoms with Crippen molar-refractivity contribution in [1.82, 2.24) is 5.32 Å². The van der Waals surface area contributed by atoms with E-state index in [4.69, 9.17) is 10.5 Å². The zero-order valence-corrected chi connectivity index (χ0v) is 11.4. The highest BCUT2D eigenvalue weighted by Gasteiger charge is 2.27. The maximum Gasteiger partial charge on any atom is 0.341 e. The molecule has 0 spiro atoms. The summed E-state index contributed by atoms with van der Waals surface area (Å²) in [6.45, 7) is 1.46. The van der Waals surface area contributed by atoms with Gasteiger partial charge in [0, 0.05) is 18.2 Å². The van der Waals surface area contributed by atoms with Crippen LogP contribution in [0.1, 0.15) is 30.1 Å². The van der Waals surface area contributed by atoms with Gasteiger partial charge < -0.3 is 15.8 Å². The molecule has 1 amide bonds. The molecule has 1 aromatic rings. The number of amides is 1. The highest BCUT2D eigenvalue weighted by atomic mass is 16.6. The Morgan fingerprint density at radius 1 is 1.48 bits per heavy atom. The average Bonchev–Trinajstić information content (AvgIpc) is 3.21. The summed E-state index contributed by atoms with van der Waals surface area (Å²) in [5, 5.41) is 13.3. The lowest BCUT2D eigenvalue weighted by Crippen LogP contribution is -2.37. The molecule has 21 heavy (non-hydrogen) atoms. The first kappa shape index (κ1) is 14.8. The first-order chi connectivity index (χ1) is 9.88. The van der Waals surface area contributed by atoms with Gasteiger partial charge in [-0.2, -0.15) is 0 Å². The molecule has 1 saturated carbocycles. The van der Waals surface area contributed by atoms with Crippen LogP contribution >= 0.6 is 0 Å².